The fourth-order valence-corrected chi connectivity index (χ4v) is 1.56. The molecule has 1 fully saturated rings. The molecule has 0 aromatic heterocycles. The normalized spacial score (nSPS) is 18.5. The van der Waals surface area contributed by atoms with E-state index < -0.39 is 0 Å². The summed E-state index contributed by atoms with van der Waals surface area (Å²) in [5.41, 5.74) is 0. The molecule has 0 radical (unpaired) electrons. The Balaban J connectivity index is 2.39. The van der Waals surface area contributed by atoms with E-state index in [-0.39, 0.29) is 0 Å². The molecule has 0 bridgehead atoms. The van der Waals surface area contributed by atoms with E-state index in [2.05, 4.69) is 24.7 Å². The Kier molecular flexibility index (Phi) is 2.96. The van der Waals surface area contributed by atoms with E-state index in [0.717, 1.165) is 12.6 Å². The van der Waals surface area contributed by atoms with Gasteiger partial charge in [-0.3, -0.25) is 4.90 Å². The van der Waals surface area contributed by atoms with E-state index in [9.17, 15) is 0 Å². The van der Waals surface area contributed by atoms with Crippen LogP contribution in [0.4, 0.5) is 0 Å². The number of hydrogen-bond donors (Lipinski definition) is 0. The fourth-order valence-electron chi connectivity index (χ4n) is 1.56. The van der Waals surface area contributed by atoms with Crippen LogP contribution in [-0.4, -0.2) is 23.5 Å². The van der Waals surface area contributed by atoms with Crippen molar-refractivity contribution in [1.29, 1.82) is 0 Å². The molecule has 0 atom stereocenters. The van der Waals surface area contributed by atoms with Crippen molar-refractivity contribution in [3.8, 4) is 12.3 Å². The van der Waals surface area contributed by atoms with Crippen LogP contribution in [0.5, 0.6) is 0 Å². The lowest BCUT2D eigenvalue weighted by molar-refractivity contribution is 0.111. The molecule has 0 N–H and O–H groups in total. The van der Waals surface area contributed by atoms with Crippen molar-refractivity contribution in [1.82, 2.24) is 4.90 Å². The zero-order chi connectivity index (χ0) is 8.27. The third kappa shape index (κ3) is 1.97. The first-order chi connectivity index (χ1) is 5.25. The van der Waals surface area contributed by atoms with Gasteiger partial charge in [0, 0.05) is 12.1 Å². The highest BCUT2D eigenvalue weighted by atomic mass is 15.2. The minimum atomic E-state index is 0.608. The predicted molar refractivity (Wildman–Crippen MR) is 48.3 cm³/mol. The summed E-state index contributed by atoms with van der Waals surface area (Å²) in [6.45, 7) is 5.26. The molecule has 0 amide bonds. The van der Waals surface area contributed by atoms with Gasteiger partial charge in [-0.2, -0.15) is 0 Å². The Hall–Kier alpha value is -0.480. The average molecular weight is 151 g/mol. The largest absolute Gasteiger partial charge is 0.287 e. The van der Waals surface area contributed by atoms with Crippen LogP contribution in [0.3, 0.4) is 0 Å². The number of terminal acetylenes is 1. The number of nitrogens with zero attached hydrogens (tertiary/aromatic N) is 1. The summed E-state index contributed by atoms with van der Waals surface area (Å²) in [5.74, 6) is 2.72. The third-order valence-electron chi connectivity index (χ3n) is 2.48. The second-order valence-electron chi connectivity index (χ2n) is 3.55. The molecular weight excluding hydrogens is 134 g/mol. The first-order valence-corrected chi connectivity index (χ1v) is 4.45. The maximum atomic E-state index is 5.29. The first kappa shape index (κ1) is 8.62. The Morgan fingerprint density at radius 2 is 2.18 bits per heavy atom. The molecule has 0 aromatic carbocycles. The van der Waals surface area contributed by atoms with E-state index in [1.165, 1.54) is 19.3 Å². The minimum absolute atomic E-state index is 0.608. The molecule has 1 saturated carbocycles. The molecule has 1 nitrogen and oxygen atoms in total. The van der Waals surface area contributed by atoms with Gasteiger partial charge in [-0.05, 0) is 26.7 Å². The lowest BCUT2D eigenvalue weighted by Crippen LogP contribution is -2.44. The molecule has 0 unspecified atom stereocenters. The summed E-state index contributed by atoms with van der Waals surface area (Å²) < 4.78 is 0. The molecule has 1 rings (SSSR count). The Morgan fingerprint density at radius 3 is 2.45 bits per heavy atom. The molecular formula is C10H17N. The Labute approximate surface area is 69.8 Å². The monoisotopic (exact) mass is 151 g/mol. The van der Waals surface area contributed by atoms with Gasteiger partial charge < -0.3 is 0 Å². The van der Waals surface area contributed by atoms with Crippen molar-refractivity contribution in [3.05, 3.63) is 0 Å². The van der Waals surface area contributed by atoms with Crippen molar-refractivity contribution in [2.24, 2.45) is 0 Å². The minimum Gasteiger partial charge on any atom is -0.287 e. The highest BCUT2D eigenvalue weighted by Gasteiger charge is 2.25. The van der Waals surface area contributed by atoms with Crippen LogP contribution in [0.1, 0.15) is 33.1 Å². The smallest absolute Gasteiger partial charge is 0.0603 e. The van der Waals surface area contributed by atoms with Crippen molar-refractivity contribution >= 4 is 0 Å². The lowest BCUT2D eigenvalue weighted by atomic mass is 9.90. The standard InChI is InChI=1S/C10H17N/c1-4-8-11(9(2)3)10-6-5-7-10/h1,9-10H,5-8H2,2-3H3. The summed E-state index contributed by atoms with van der Waals surface area (Å²) in [4.78, 5) is 2.42. The van der Waals surface area contributed by atoms with Gasteiger partial charge in [-0.1, -0.05) is 12.3 Å². The van der Waals surface area contributed by atoms with Crippen molar-refractivity contribution < 1.29 is 0 Å². The van der Waals surface area contributed by atoms with Crippen LogP contribution in [0.25, 0.3) is 0 Å². The topological polar surface area (TPSA) is 3.24 Å². The van der Waals surface area contributed by atoms with Crippen molar-refractivity contribution in [2.75, 3.05) is 6.54 Å². The summed E-state index contributed by atoms with van der Waals surface area (Å²) in [6.07, 6.45) is 9.37. The van der Waals surface area contributed by atoms with Crippen LogP contribution in [0.15, 0.2) is 0 Å². The number of rotatable bonds is 3. The Morgan fingerprint density at radius 1 is 1.55 bits per heavy atom. The zero-order valence-electron chi connectivity index (χ0n) is 7.51. The predicted octanol–water partition coefficient (Wildman–Crippen LogP) is 1.88. The van der Waals surface area contributed by atoms with Gasteiger partial charge in [-0.25, -0.2) is 0 Å². The second kappa shape index (κ2) is 3.78. The molecule has 0 aromatic rings. The molecule has 1 heteroatoms. The van der Waals surface area contributed by atoms with Gasteiger partial charge in [0.15, 0.2) is 0 Å². The van der Waals surface area contributed by atoms with E-state index in [4.69, 9.17) is 6.42 Å². The van der Waals surface area contributed by atoms with Gasteiger partial charge in [-0.15, -0.1) is 6.42 Å². The van der Waals surface area contributed by atoms with E-state index in [1.54, 1.807) is 0 Å². The quantitative estimate of drug-likeness (QED) is 0.557. The molecule has 1 aliphatic rings. The van der Waals surface area contributed by atoms with Gasteiger partial charge in [0.25, 0.3) is 0 Å². The maximum Gasteiger partial charge on any atom is 0.0603 e. The first-order valence-electron chi connectivity index (χ1n) is 4.45. The zero-order valence-corrected chi connectivity index (χ0v) is 7.51. The highest BCUT2D eigenvalue weighted by molar-refractivity contribution is 4.93. The molecule has 0 saturated heterocycles. The molecule has 0 aliphatic heterocycles. The van der Waals surface area contributed by atoms with Gasteiger partial charge >= 0.3 is 0 Å². The summed E-state index contributed by atoms with van der Waals surface area (Å²) in [7, 11) is 0. The fraction of sp³-hybridized carbons (Fsp3) is 0.800. The molecule has 1 aliphatic carbocycles. The highest BCUT2D eigenvalue weighted by Crippen LogP contribution is 2.25. The average Bonchev–Trinajstić information content (AvgIpc) is 1.82. The third-order valence-corrected chi connectivity index (χ3v) is 2.48. The van der Waals surface area contributed by atoms with Gasteiger partial charge in [0.05, 0.1) is 6.54 Å². The molecule has 11 heavy (non-hydrogen) atoms. The van der Waals surface area contributed by atoms with Crippen LogP contribution in [0.2, 0.25) is 0 Å². The van der Waals surface area contributed by atoms with Gasteiger partial charge in [0.1, 0.15) is 0 Å². The SMILES string of the molecule is C#CCN(C(C)C)C1CCC1. The lowest BCUT2D eigenvalue weighted by Gasteiger charge is -2.39. The van der Waals surface area contributed by atoms with Crippen LogP contribution < -0.4 is 0 Å². The van der Waals surface area contributed by atoms with Crippen LogP contribution >= 0.6 is 0 Å². The molecule has 0 heterocycles. The van der Waals surface area contributed by atoms with Gasteiger partial charge in [0.2, 0.25) is 0 Å². The Bertz CT molecular complexity index is 151. The molecule has 0 spiro atoms. The van der Waals surface area contributed by atoms with Crippen LogP contribution in [-0.2, 0) is 0 Å². The van der Waals surface area contributed by atoms with E-state index >= 15 is 0 Å². The van der Waals surface area contributed by atoms with E-state index in [1.807, 2.05) is 0 Å². The van der Waals surface area contributed by atoms with Crippen molar-refractivity contribution in [2.45, 2.75) is 45.2 Å². The van der Waals surface area contributed by atoms with Crippen LogP contribution in [0, 0.1) is 12.3 Å². The number of hydrogen-bond acceptors (Lipinski definition) is 1. The second-order valence-corrected chi connectivity index (χ2v) is 3.55. The maximum absolute atomic E-state index is 5.29. The molecule has 62 valence electrons. The summed E-state index contributed by atoms with van der Waals surface area (Å²) in [5, 5.41) is 0. The summed E-state index contributed by atoms with van der Waals surface area (Å²) >= 11 is 0. The summed E-state index contributed by atoms with van der Waals surface area (Å²) in [6, 6.07) is 1.39. The van der Waals surface area contributed by atoms with Crippen molar-refractivity contribution in [3.63, 3.8) is 0 Å². The van der Waals surface area contributed by atoms with E-state index in [0.29, 0.717) is 6.04 Å².